The van der Waals surface area contributed by atoms with Crippen LogP contribution in [0.15, 0.2) is 0 Å². The Morgan fingerprint density at radius 1 is 1.24 bits per heavy atom. The third-order valence-electron chi connectivity index (χ3n) is 2.77. The molecule has 0 unspecified atom stereocenters. The Kier molecular flexibility index (Phi) is 4.01. The first-order valence-corrected chi connectivity index (χ1v) is 5.80. The number of hydrogen-bond donors (Lipinski definition) is 0. The zero-order chi connectivity index (χ0) is 13.2. The van der Waals surface area contributed by atoms with E-state index in [0.29, 0.717) is 13.1 Å². The van der Waals surface area contributed by atoms with Gasteiger partial charge in [-0.3, -0.25) is 4.79 Å². The highest BCUT2D eigenvalue weighted by Gasteiger charge is 2.39. The molecule has 1 fully saturated rings. The second-order valence-electron chi connectivity index (χ2n) is 5.49. The topological polar surface area (TPSA) is 55.8 Å². The minimum Gasteiger partial charge on any atom is -0.469 e. The van der Waals surface area contributed by atoms with Crippen LogP contribution in [0.25, 0.3) is 0 Å². The molecule has 2 atom stereocenters. The van der Waals surface area contributed by atoms with E-state index in [0.717, 1.165) is 0 Å². The normalized spacial score (nSPS) is 24.6. The molecular formula is C12H21NO4. The van der Waals surface area contributed by atoms with Crippen LogP contribution in [0.3, 0.4) is 0 Å². The van der Waals surface area contributed by atoms with E-state index in [1.165, 1.54) is 7.11 Å². The molecule has 0 saturated carbocycles. The Balaban J connectivity index is 2.60. The number of amides is 1. The Hall–Kier alpha value is -1.26. The van der Waals surface area contributed by atoms with Gasteiger partial charge in [-0.05, 0) is 26.7 Å². The summed E-state index contributed by atoms with van der Waals surface area (Å²) in [6.07, 6.45) is -0.365. The molecule has 0 aromatic rings. The SMILES string of the molecule is COC(=O)[C@H]1CN(C(=O)OC(C)(C)C)C[C@H]1C. The van der Waals surface area contributed by atoms with Gasteiger partial charge < -0.3 is 14.4 Å². The van der Waals surface area contributed by atoms with Crippen LogP contribution >= 0.6 is 0 Å². The summed E-state index contributed by atoms with van der Waals surface area (Å²) in [6, 6.07) is 0. The van der Waals surface area contributed by atoms with Crippen LogP contribution in [0.1, 0.15) is 27.7 Å². The number of rotatable bonds is 1. The van der Waals surface area contributed by atoms with E-state index in [4.69, 9.17) is 9.47 Å². The van der Waals surface area contributed by atoms with Crippen LogP contribution in [0, 0.1) is 11.8 Å². The molecular weight excluding hydrogens is 222 g/mol. The highest BCUT2D eigenvalue weighted by atomic mass is 16.6. The van der Waals surface area contributed by atoms with Crippen molar-refractivity contribution in [3.8, 4) is 0 Å². The number of ether oxygens (including phenoxy) is 2. The molecule has 0 bridgehead atoms. The van der Waals surface area contributed by atoms with Crippen LogP contribution in [0.2, 0.25) is 0 Å². The zero-order valence-electron chi connectivity index (χ0n) is 11.1. The number of likely N-dealkylation sites (tertiary alicyclic amines) is 1. The molecule has 0 radical (unpaired) electrons. The number of methoxy groups -OCH3 is 1. The van der Waals surface area contributed by atoms with Crippen LogP contribution in [-0.2, 0) is 14.3 Å². The summed E-state index contributed by atoms with van der Waals surface area (Å²) in [5, 5.41) is 0. The Morgan fingerprint density at radius 2 is 1.82 bits per heavy atom. The van der Waals surface area contributed by atoms with Crippen LogP contribution < -0.4 is 0 Å². The van der Waals surface area contributed by atoms with E-state index < -0.39 is 5.60 Å². The minimum absolute atomic E-state index is 0.106. The van der Waals surface area contributed by atoms with E-state index in [9.17, 15) is 9.59 Å². The Bertz CT molecular complexity index is 308. The van der Waals surface area contributed by atoms with Crippen molar-refractivity contribution < 1.29 is 19.1 Å². The predicted molar refractivity (Wildman–Crippen MR) is 62.5 cm³/mol. The maximum atomic E-state index is 11.8. The average Bonchev–Trinajstić information content (AvgIpc) is 2.57. The summed E-state index contributed by atoms with van der Waals surface area (Å²) in [4.78, 5) is 24.9. The van der Waals surface area contributed by atoms with Gasteiger partial charge in [0.15, 0.2) is 0 Å². The predicted octanol–water partition coefficient (Wildman–Crippen LogP) is 1.66. The molecule has 5 nitrogen and oxygen atoms in total. The van der Waals surface area contributed by atoms with E-state index >= 15 is 0 Å². The van der Waals surface area contributed by atoms with E-state index in [2.05, 4.69) is 0 Å². The molecule has 1 aliphatic rings. The second-order valence-corrected chi connectivity index (χ2v) is 5.49. The molecule has 5 heteroatoms. The lowest BCUT2D eigenvalue weighted by molar-refractivity contribution is -0.146. The van der Waals surface area contributed by atoms with E-state index in [-0.39, 0.29) is 23.9 Å². The van der Waals surface area contributed by atoms with Gasteiger partial charge in [0.05, 0.1) is 13.0 Å². The van der Waals surface area contributed by atoms with Crippen LogP contribution in [0.5, 0.6) is 0 Å². The van der Waals surface area contributed by atoms with Gasteiger partial charge in [0.1, 0.15) is 5.60 Å². The quantitative estimate of drug-likeness (QED) is 0.657. The first-order valence-electron chi connectivity index (χ1n) is 5.80. The van der Waals surface area contributed by atoms with Gasteiger partial charge in [-0.1, -0.05) is 6.92 Å². The number of esters is 1. The van der Waals surface area contributed by atoms with Gasteiger partial charge >= 0.3 is 12.1 Å². The standard InChI is InChI=1S/C12H21NO4/c1-8-6-13(7-9(8)10(14)16-5)11(15)17-12(2,3)4/h8-9H,6-7H2,1-5H3/t8-,9+/m1/s1. The number of carbonyl (C=O) groups excluding carboxylic acids is 2. The van der Waals surface area contributed by atoms with Crippen molar-refractivity contribution in [2.24, 2.45) is 11.8 Å². The van der Waals surface area contributed by atoms with Gasteiger partial charge in [0, 0.05) is 13.1 Å². The van der Waals surface area contributed by atoms with Crippen molar-refractivity contribution in [3.05, 3.63) is 0 Å². The monoisotopic (exact) mass is 243 g/mol. The summed E-state index contributed by atoms with van der Waals surface area (Å²) in [6.45, 7) is 8.32. The molecule has 17 heavy (non-hydrogen) atoms. The van der Waals surface area contributed by atoms with Crippen molar-refractivity contribution >= 4 is 12.1 Å². The van der Waals surface area contributed by atoms with Crippen molar-refractivity contribution in [1.29, 1.82) is 0 Å². The summed E-state index contributed by atoms with van der Waals surface area (Å²) in [7, 11) is 1.37. The molecule has 0 N–H and O–H groups in total. The molecule has 1 rings (SSSR count). The smallest absolute Gasteiger partial charge is 0.410 e. The fraction of sp³-hybridized carbons (Fsp3) is 0.833. The molecule has 0 aromatic carbocycles. The van der Waals surface area contributed by atoms with E-state index in [1.807, 2.05) is 27.7 Å². The highest BCUT2D eigenvalue weighted by molar-refractivity contribution is 5.76. The lowest BCUT2D eigenvalue weighted by atomic mass is 9.99. The molecule has 98 valence electrons. The summed E-state index contributed by atoms with van der Waals surface area (Å²) in [5.41, 5.74) is -0.510. The maximum Gasteiger partial charge on any atom is 0.410 e. The van der Waals surface area contributed by atoms with Crippen molar-refractivity contribution in [2.75, 3.05) is 20.2 Å². The fourth-order valence-electron chi connectivity index (χ4n) is 1.90. The van der Waals surface area contributed by atoms with Crippen molar-refractivity contribution in [3.63, 3.8) is 0 Å². The van der Waals surface area contributed by atoms with Gasteiger partial charge in [0.25, 0.3) is 0 Å². The first kappa shape index (κ1) is 13.8. The lowest BCUT2D eigenvalue weighted by Crippen LogP contribution is -2.36. The van der Waals surface area contributed by atoms with E-state index in [1.54, 1.807) is 4.90 Å². The third kappa shape index (κ3) is 3.61. The number of hydrogen-bond acceptors (Lipinski definition) is 4. The lowest BCUT2D eigenvalue weighted by Gasteiger charge is -2.24. The maximum absolute atomic E-state index is 11.8. The van der Waals surface area contributed by atoms with Crippen LogP contribution in [0.4, 0.5) is 4.79 Å². The summed E-state index contributed by atoms with van der Waals surface area (Å²) < 4.78 is 9.98. The first-order chi connectivity index (χ1) is 7.74. The molecule has 1 heterocycles. The number of nitrogens with zero attached hydrogens (tertiary/aromatic N) is 1. The Morgan fingerprint density at radius 3 is 2.29 bits per heavy atom. The van der Waals surface area contributed by atoms with Crippen LogP contribution in [-0.4, -0.2) is 42.8 Å². The van der Waals surface area contributed by atoms with Gasteiger partial charge in [-0.15, -0.1) is 0 Å². The molecule has 1 saturated heterocycles. The van der Waals surface area contributed by atoms with Gasteiger partial charge in [-0.25, -0.2) is 4.79 Å². The van der Waals surface area contributed by atoms with Crippen molar-refractivity contribution in [1.82, 2.24) is 4.90 Å². The molecule has 0 aromatic heterocycles. The molecule has 0 spiro atoms. The van der Waals surface area contributed by atoms with Crippen molar-refractivity contribution in [2.45, 2.75) is 33.3 Å². The van der Waals surface area contributed by atoms with Gasteiger partial charge in [-0.2, -0.15) is 0 Å². The zero-order valence-corrected chi connectivity index (χ0v) is 11.1. The molecule has 1 aliphatic heterocycles. The highest BCUT2D eigenvalue weighted by Crippen LogP contribution is 2.25. The third-order valence-corrected chi connectivity index (χ3v) is 2.77. The second kappa shape index (κ2) is 4.94. The van der Waals surface area contributed by atoms with Gasteiger partial charge in [0.2, 0.25) is 0 Å². The largest absolute Gasteiger partial charge is 0.469 e. The Labute approximate surface area is 102 Å². The fourth-order valence-corrected chi connectivity index (χ4v) is 1.90. The summed E-state index contributed by atoms with van der Waals surface area (Å²) in [5.74, 6) is -0.397. The minimum atomic E-state index is -0.510. The molecule has 1 amide bonds. The molecule has 0 aliphatic carbocycles. The number of carbonyl (C=O) groups is 2. The average molecular weight is 243 g/mol. The summed E-state index contributed by atoms with van der Waals surface area (Å²) >= 11 is 0.